The second-order valence-corrected chi connectivity index (χ2v) is 5.07. The number of aromatic carboxylic acids is 1. The molecule has 0 aliphatic carbocycles. The van der Waals surface area contributed by atoms with E-state index in [0.717, 1.165) is 4.52 Å². The third kappa shape index (κ3) is 2.53. The highest BCUT2D eigenvalue weighted by Crippen LogP contribution is 2.19. The quantitative estimate of drug-likeness (QED) is 0.736. The molecule has 3 aromatic heterocycles. The molecule has 0 atom stereocenters. The maximum Gasteiger partial charge on any atom is 0.354 e. The minimum atomic E-state index is -1.15. The normalized spacial score (nSPS) is 10.6. The average Bonchev–Trinajstić information content (AvgIpc) is 2.92. The van der Waals surface area contributed by atoms with E-state index in [0.29, 0.717) is 4.47 Å². The maximum atomic E-state index is 12.0. The third-order valence-electron chi connectivity index (χ3n) is 2.78. The molecule has 3 rings (SSSR count). The standard InChI is InChI=1S/C13H8BrN5O3/c14-7-4-5-9(12(21)22)19-10(7)16-13(18-19)17-11(20)8-3-1-2-6-15-8/h1-6H,(H,21,22)(H,17,18,20). The topological polar surface area (TPSA) is 109 Å². The molecular weight excluding hydrogens is 354 g/mol. The average molecular weight is 362 g/mol. The number of pyridine rings is 2. The second-order valence-electron chi connectivity index (χ2n) is 4.21. The number of anilines is 1. The highest BCUT2D eigenvalue weighted by Gasteiger charge is 2.16. The molecule has 0 saturated carbocycles. The number of carboxylic acids is 1. The summed E-state index contributed by atoms with van der Waals surface area (Å²) in [6.45, 7) is 0. The van der Waals surface area contributed by atoms with Crippen molar-refractivity contribution in [1.29, 1.82) is 0 Å². The van der Waals surface area contributed by atoms with Gasteiger partial charge in [-0.3, -0.25) is 15.1 Å². The minimum Gasteiger partial charge on any atom is -0.477 e. The van der Waals surface area contributed by atoms with E-state index >= 15 is 0 Å². The van der Waals surface area contributed by atoms with E-state index in [1.165, 1.54) is 12.3 Å². The van der Waals surface area contributed by atoms with E-state index in [9.17, 15) is 9.59 Å². The lowest BCUT2D eigenvalue weighted by molar-refractivity contribution is 0.0687. The molecule has 0 unspecified atom stereocenters. The molecule has 0 aliphatic rings. The number of hydrogen-bond acceptors (Lipinski definition) is 5. The van der Waals surface area contributed by atoms with Crippen molar-refractivity contribution < 1.29 is 14.7 Å². The molecule has 3 aromatic rings. The van der Waals surface area contributed by atoms with Gasteiger partial charge in [-0.1, -0.05) is 6.07 Å². The first kappa shape index (κ1) is 14.1. The number of fused-ring (bicyclic) bond motifs is 1. The lowest BCUT2D eigenvalue weighted by Gasteiger charge is -1.99. The van der Waals surface area contributed by atoms with Crippen LogP contribution >= 0.6 is 15.9 Å². The molecule has 8 nitrogen and oxygen atoms in total. The van der Waals surface area contributed by atoms with Crippen LogP contribution in [0.25, 0.3) is 5.65 Å². The molecule has 1 amide bonds. The zero-order valence-electron chi connectivity index (χ0n) is 10.9. The number of aromatic nitrogens is 4. The van der Waals surface area contributed by atoms with Crippen LogP contribution in [0.3, 0.4) is 0 Å². The number of nitrogens with zero attached hydrogens (tertiary/aromatic N) is 4. The number of carbonyl (C=O) groups excluding carboxylic acids is 1. The molecule has 0 aromatic carbocycles. The van der Waals surface area contributed by atoms with Crippen molar-refractivity contribution >= 4 is 39.4 Å². The van der Waals surface area contributed by atoms with Crippen molar-refractivity contribution in [2.45, 2.75) is 0 Å². The molecule has 0 saturated heterocycles. The number of amides is 1. The van der Waals surface area contributed by atoms with E-state index in [-0.39, 0.29) is 23.0 Å². The van der Waals surface area contributed by atoms with Gasteiger partial charge in [0.25, 0.3) is 5.91 Å². The van der Waals surface area contributed by atoms with Crippen LogP contribution in [0.15, 0.2) is 41.0 Å². The number of carbonyl (C=O) groups is 2. The predicted molar refractivity (Wildman–Crippen MR) is 79.8 cm³/mol. The Morgan fingerprint density at radius 1 is 1.23 bits per heavy atom. The van der Waals surface area contributed by atoms with E-state index in [1.54, 1.807) is 24.3 Å². The van der Waals surface area contributed by atoms with Crippen molar-refractivity contribution in [3.63, 3.8) is 0 Å². The van der Waals surface area contributed by atoms with E-state index in [1.807, 2.05) is 0 Å². The Balaban J connectivity index is 1.99. The molecule has 22 heavy (non-hydrogen) atoms. The highest BCUT2D eigenvalue weighted by atomic mass is 79.9. The van der Waals surface area contributed by atoms with Crippen LogP contribution in [0, 0.1) is 0 Å². The van der Waals surface area contributed by atoms with Crippen molar-refractivity contribution in [2.24, 2.45) is 0 Å². The van der Waals surface area contributed by atoms with Gasteiger partial charge in [-0.25, -0.2) is 9.31 Å². The molecule has 9 heteroatoms. The zero-order chi connectivity index (χ0) is 15.7. The van der Waals surface area contributed by atoms with E-state index < -0.39 is 11.9 Å². The van der Waals surface area contributed by atoms with Crippen molar-refractivity contribution in [3.8, 4) is 0 Å². The molecule has 0 radical (unpaired) electrons. The Hall–Kier alpha value is -2.81. The van der Waals surface area contributed by atoms with Crippen molar-refractivity contribution in [3.05, 3.63) is 52.4 Å². The Morgan fingerprint density at radius 2 is 2.05 bits per heavy atom. The van der Waals surface area contributed by atoms with Gasteiger partial charge in [-0.2, -0.15) is 4.98 Å². The fourth-order valence-corrected chi connectivity index (χ4v) is 2.20. The van der Waals surface area contributed by atoms with Crippen LogP contribution in [0.5, 0.6) is 0 Å². The van der Waals surface area contributed by atoms with Crippen LogP contribution in [0.4, 0.5) is 5.95 Å². The van der Waals surface area contributed by atoms with Crippen LogP contribution in [-0.4, -0.2) is 36.6 Å². The molecular formula is C13H8BrN5O3. The fourth-order valence-electron chi connectivity index (χ4n) is 1.81. The summed E-state index contributed by atoms with van der Waals surface area (Å²) in [7, 11) is 0. The summed E-state index contributed by atoms with van der Waals surface area (Å²) in [5, 5.41) is 15.6. The summed E-state index contributed by atoms with van der Waals surface area (Å²) in [5.74, 6) is -1.64. The third-order valence-corrected chi connectivity index (χ3v) is 3.40. The Morgan fingerprint density at radius 3 is 2.73 bits per heavy atom. The zero-order valence-corrected chi connectivity index (χ0v) is 12.5. The Labute approximate surface area is 131 Å². The number of rotatable bonds is 3. The first-order chi connectivity index (χ1) is 10.6. The number of nitrogens with one attached hydrogen (secondary N) is 1. The molecule has 0 spiro atoms. The number of halogens is 1. The van der Waals surface area contributed by atoms with Gasteiger partial charge in [0.1, 0.15) is 5.69 Å². The van der Waals surface area contributed by atoms with Gasteiger partial charge < -0.3 is 5.11 Å². The number of carboxylic acid groups (broad SMARTS) is 1. The Bertz CT molecular complexity index is 878. The summed E-state index contributed by atoms with van der Waals surface area (Å²) in [4.78, 5) is 31.2. The van der Waals surface area contributed by atoms with Gasteiger partial charge in [-0.05, 0) is 40.2 Å². The van der Waals surface area contributed by atoms with Crippen LogP contribution in [0.2, 0.25) is 0 Å². The smallest absolute Gasteiger partial charge is 0.354 e. The largest absolute Gasteiger partial charge is 0.477 e. The van der Waals surface area contributed by atoms with Gasteiger partial charge in [-0.15, -0.1) is 5.10 Å². The molecule has 110 valence electrons. The lowest BCUT2D eigenvalue weighted by Crippen LogP contribution is -2.14. The lowest BCUT2D eigenvalue weighted by atomic mass is 10.3. The maximum absolute atomic E-state index is 12.0. The molecule has 2 N–H and O–H groups in total. The summed E-state index contributed by atoms with van der Waals surface area (Å²) >= 11 is 3.26. The first-order valence-corrected chi connectivity index (χ1v) is 6.86. The summed E-state index contributed by atoms with van der Waals surface area (Å²) in [6.07, 6.45) is 1.49. The second kappa shape index (κ2) is 5.53. The van der Waals surface area contributed by atoms with Gasteiger partial charge in [0.15, 0.2) is 11.3 Å². The predicted octanol–water partition coefficient (Wildman–Crippen LogP) is 1.84. The number of hydrogen-bond donors (Lipinski definition) is 2. The monoisotopic (exact) mass is 361 g/mol. The molecule has 3 heterocycles. The molecule has 0 bridgehead atoms. The molecule has 0 fully saturated rings. The summed E-state index contributed by atoms with van der Waals surface area (Å²) in [5.41, 5.74) is 0.430. The first-order valence-electron chi connectivity index (χ1n) is 6.07. The van der Waals surface area contributed by atoms with Gasteiger partial charge in [0.05, 0.1) is 4.47 Å². The summed E-state index contributed by atoms with van der Waals surface area (Å²) in [6, 6.07) is 7.86. The van der Waals surface area contributed by atoms with E-state index in [2.05, 4.69) is 36.3 Å². The van der Waals surface area contributed by atoms with Crippen LogP contribution in [0.1, 0.15) is 21.0 Å². The summed E-state index contributed by atoms with van der Waals surface area (Å²) < 4.78 is 1.70. The van der Waals surface area contributed by atoms with Crippen molar-refractivity contribution in [2.75, 3.05) is 5.32 Å². The molecule has 0 aliphatic heterocycles. The fraction of sp³-hybridized carbons (Fsp3) is 0. The van der Waals surface area contributed by atoms with Crippen LogP contribution in [-0.2, 0) is 0 Å². The van der Waals surface area contributed by atoms with E-state index in [4.69, 9.17) is 5.11 Å². The van der Waals surface area contributed by atoms with Crippen molar-refractivity contribution in [1.82, 2.24) is 19.6 Å². The SMILES string of the molecule is O=C(Nc1nc2c(Br)ccc(C(=O)O)n2n1)c1ccccn1. The van der Waals surface area contributed by atoms with Crippen LogP contribution < -0.4 is 5.32 Å². The van der Waals surface area contributed by atoms with Gasteiger partial charge in [0.2, 0.25) is 5.95 Å². The van der Waals surface area contributed by atoms with Gasteiger partial charge in [0, 0.05) is 6.20 Å². The Kier molecular flexibility index (Phi) is 3.55. The minimum absolute atomic E-state index is 0.00921. The van der Waals surface area contributed by atoms with Gasteiger partial charge >= 0.3 is 5.97 Å². The highest BCUT2D eigenvalue weighted by molar-refractivity contribution is 9.10.